The summed E-state index contributed by atoms with van der Waals surface area (Å²) in [6, 6.07) is 0.432. The van der Waals surface area contributed by atoms with Gasteiger partial charge >= 0.3 is 0 Å². The summed E-state index contributed by atoms with van der Waals surface area (Å²) in [7, 11) is 0. The second-order valence-electron chi connectivity index (χ2n) is 4.31. The van der Waals surface area contributed by atoms with E-state index in [0.29, 0.717) is 6.04 Å². The Morgan fingerprint density at radius 3 is 2.85 bits per heavy atom. The van der Waals surface area contributed by atoms with Crippen molar-refractivity contribution in [2.24, 2.45) is 11.7 Å². The molecule has 0 aliphatic carbocycles. The average Bonchev–Trinajstić information content (AvgIpc) is 2.18. The number of rotatable bonds is 4. The van der Waals surface area contributed by atoms with Crippen LogP contribution in [0.15, 0.2) is 0 Å². The smallest absolute Gasteiger partial charge is 0.00393 e. The number of likely N-dealkylation sites (tertiary alicyclic amines) is 1. The van der Waals surface area contributed by atoms with Crippen molar-refractivity contribution in [2.45, 2.75) is 45.6 Å². The lowest BCUT2D eigenvalue weighted by atomic mass is 9.91. The number of nitrogens with zero attached hydrogens (tertiary/aromatic N) is 1. The molecule has 0 saturated carbocycles. The van der Waals surface area contributed by atoms with Gasteiger partial charge in [0.15, 0.2) is 0 Å². The first-order valence-corrected chi connectivity index (χ1v) is 5.74. The molecule has 2 atom stereocenters. The van der Waals surface area contributed by atoms with E-state index in [1.54, 1.807) is 0 Å². The Labute approximate surface area is 82.5 Å². The van der Waals surface area contributed by atoms with Gasteiger partial charge in [0.05, 0.1) is 0 Å². The molecule has 2 nitrogen and oxygen atoms in total. The van der Waals surface area contributed by atoms with Crippen LogP contribution in [-0.2, 0) is 0 Å². The summed E-state index contributed by atoms with van der Waals surface area (Å²) in [5.74, 6) is 0.864. The van der Waals surface area contributed by atoms with Crippen molar-refractivity contribution in [3.63, 3.8) is 0 Å². The van der Waals surface area contributed by atoms with E-state index in [0.717, 1.165) is 12.3 Å². The van der Waals surface area contributed by atoms with Gasteiger partial charge in [0.25, 0.3) is 0 Å². The second kappa shape index (κ2) is 5.61. The Bertz CT molecular complexity index is 134. The maximum absolute atomic E-state index is 5.97. The molecule has 0 aromatic heterocycles. The summed E-state index contributed by atoms with van der Waals surface area (Å²) in [6.45, 7) is 8.23. The van der Waals surface area contributed by atoms with Crippen molar-refractivity contribution in [3.8, 4) is 0 Å². The van der Waals surface area contributed by atoms with Crippen LogP contribution in [0.25, 0.3) is 0 Å². The summed E-state index contributed by atoms with van der Waals surface area (Å²) in [6.07, 6.45) is 5.12. The third kappa shape index (κ3) is 3.65. The lowest BCUT2D eigenvalue weighted by Crippen LogP contribution is -2.37. The van der Waals surface area contributed by atoms with Gasteiger partial charge < -0.3 is 10.6 Å². The predicted molar refractivity (Wildman–Crippen MR) is 57.7 cm³/mol. The standard InChI is InChI=1S/C11H24N2/c1-3-11(12)8-10-6-5-7-13(4-2)9-10/h10-11H,3-9,12H2,1-2H3. The largest absolute Gasteiger partial charge is 0.328 e. The second-order valence-corrected chi connectivity index (χ2v) is 4.31. The zero-order valence-electron chi connectivity index (χ0n) is 9.13. The molecule has 1 aliphatic rings. The molecule has 0 aromatic carbocycles. The summed E-state index contributed by atoms with van der Waals surface area (Å²) in [5.41, 5.74) is 5.97. The Kier molecular flexibility index (Phi) is 4.74. The summed E-state index contributed by atoms with van der Waals surface area (Å²) in [4.78, 5) is 2.55. The first-order valence-electron chi connectivity index (χ1n) is 5.74. The van der Waals surface area contributed by atoms with Crippen molar-refractivity contribution < 1.29 is 0 Å². The van der Waals surface area contributed by atoms with E-state index in [-0.39, 0.29) is 0 Å². The lowest BCUT2D eigenvalue weighted by molar-refractivity contribution is 0.170. The van der Waals surface area contributed by atoms with Gasteiger partial charge in [0.1, 0.15) is 0 Å². The normalized spacial score (nSPS) is 27.5. The van der Waals surface area contributed by atoms with Gasteiger partial charge in [-0.1, -0.05) is 13.8 Å². The summed E-state index contributed by atoms with van der Waals surface area (Å²) < 4.78 is 0. The minimum Gasteiger partial charge on any atom is -0.328 e. The maximum atomic E-state index is 5.97. The Hall–Kier alpha value is -0.0800. The predicted octanol–water partition coefficient (Wildman–Crippen LogP) is 1.85. The molecule has 2 heteroatoms. The maximum Gasteiger partial charge on any atom is 0.00393 e. The van der Waals surface area contributed by atoms with Gasteiger partial charge in [-0.3, -0.25) is 0 Å². The molecule has 78 valence electrons. The van der Waals surface area contributed by atoms with Crippen LogP contribution in [0.1, 0.15) is 39.5 Å². The van der Waals surface area contributed by atoms with E-state index in [4.69, 9.17) is 5.73 Å². The molecule has 1 saturated heterocycles. The van der Waals surface area contributed by atoms with Crippen molar-refractivity contribution in [2.75, 3.05) is 19.6 Å². The van der Waals surface area contributed by atoms with Gasteiger partial charge in [0.2, 0.25) is 0 Å². The lowest BCUT2D eigenvalue weighted by Gasteiger charge is -2.32. The van der Waals surface area contributed by atoms with Gasteiger partial charge in [-0.25, -0.2) is 0 Å². The number of nitrogens with two attached hydrogens (primary N) is 1. The van der Waals surface area contributed by atoms with Crippen molar-refractivity contribution in [3.05, 3.63) is 0 Å². The third-order valence-electron chi connectivity index (χ3n) is 3.21. The molecule has 0 bridgehead atoms. The highest BCUT2D eigenvalue weighted by Crippen LogP contribution is 2.20. The molecule has 2 unspecified atom stereocenters. The molecule has 0 spiro atoms. The molecule has 0 radical (unpaired) electrons. The van der Waals surface area contributed by atoms with Crippen LogP contribution >= 0.6 is 0 Å². The molecule has 1 heterocycles. The SMILES string of the molecule is CCC(N)CC1CCCN(CC)C1. The first kappa shape index (κ1) is 11.0. The Morgan fingerprint density at radius 1 is 1.46 bits per heavy atom. The van der Waals surface area contributed by atoms with Crippen LogP contribution in [0.2, 0.25) is 0 Å². The van der Waals surface area contributed by atoms with E-state index in [1.807, 2.05) is 0 Å². The molecule has 1 rings (SSSR count). The fraction of sp³-hybridized carbons (Fsp3) is 1.00. The Balaban J connectivity index is 2.25. The fourth-order valence-corrected chi connectivity index (χ4v) is 2.23. The van der Waals surface area contributed by atoms with E-state index < -0.39 is 0 Å². The quantitative estimate of drug-likeness (QED) is 0.722. The van der Waals surface area contributed by atoms with Crippen LogP contribution in [0.5, 0.6) is 0 Å². The highest BCUT2D eigenvalue weighted by Gasteiger charge is 2.19. The highest BCUT2D eigenvalue weighted by molar-refractivity contribution is 4.75. The molecule has 13 heavy (non-hydrogen) atoms. The molecular weight excluding hydrogens is 160 g/mol. The monoisotopic (exact) mass is 184 g/mol. The van der Waals surface area contributed by atoms with Crippen LogP contribution in [0.3, 0.4) is 0 Å². The van der Waals surface area contributed by atoms with Crippen LogP contribution in [0, 0.1) is 5.92 Å². The minimum atomic E-state index is 0.432. The van der Waals surface area contributed by atoms with Gasteiger partial charge in [-0.2, -0.15) is 0 Å². The number of piperidine rings is 1. The average molecular weight is 184 g/mol. The van der Waals surface area contributed by atoms with Crippen LogP contribution in [-0.4, -0.2) is 30.6 Å². The van der Waals surface area contributed by atoms with Crippen molar-refractivity contribution >= 4 is 0 Å². The van der Waals surface area contributed by atoms with Gasteiger partial charge in [-0.15, -0.1) is 0 Å². The van der Waals surface area contributed by atoms with Gasteiger partial charge in [0, 0.05) is 12.6 Å². The molecule has 1 fully saturated rings. The van der Waals surface area contributed by atoms with E-state index in [2.05, 4.69) is 18.7 Å². The molecule has 1 aliphatic heterocycles. The van der Waals surface area contributed by atoms with Crippen molar-refractivity contribution in [1.82, 2.24) is 4.90 Å². The number of hydrogen-bond acceptors (Lipinski definition) is 2. The Morgan fingerprint density at radius 2 is 2.23 bits per heavy atom. The van der Waals surface area contributed by atoms with Gasteiger partial charge in [-0.05, 0) is 44.7 Å². The molecule has 0 amide bonds. The number of hydrogen-bond donors (Lipinski definition) is 1. The molecule has 2 N–H and O–H groups in total. The van der Waals surface area contributed by atoms with Crippen LogP contribution in [0.4, 0.5) is 0 Å². The molecule has 0 aromatic rings. The van der Waals surface area contributed by atoms with Crippen molar-refractivity contribution in [1.29, 1.82) is 0 Å². The topological polar surface area (TPSA) is 29.3 Å². The van der Waals surface area contributed by atoms with E-state index >= 15 is 0 Å². The van der Waals surface area contributed by atoms with E-state index in [1.165, 1.54) is 38.9 Å². The third-order valence-corrected chi connectivity index (χ3v) is 3.21. The van der Waals surface area contributed by atoms with E-state index in [9.17, 15) is 0 Å². The fourth-order valence-electron chi connectivity index (χ4n) is 2.23. The first-order chi connectivity index (χ1) is 6.26. The zero-order chi connectivity index (χ0) is 9.68. The summed E-state index contributed by atoms with van der Waals surface area (Å²) >= 11 is 0. The van der Waals surface area contributed by atoms with Crippen LogP contribution < -0.4 is 5.73 Å². The zero-order valence-corrected chi connectivity index (χ0v) is 9.13. The highest BCUT2D eigenvalue weighted by atomic mass is 15.1. The minimum absolute atomic E-state index is 0.432. The molecular formula is C11H24N2. The summed E-state index contributed by atoms with van der Waals surface area (Å²) in [5, 5.41) is 0.